The van der Waals surface area contributed by atoms with E-state index in [-0.39, 0.29) is 0 Å². The van der Waals surface area contributed by atoms with Crippen LogP contribution < -0.4 is 0 Å². The summed E-state index contributed by atoms with van der Waals surface area (Å²) in [5.41, 5.74) is -0.454. The summed E-state index contributed by atoms with van der Waals surface area (Å²) in [6, 6.07) is 5.54. The van der Waals surface area contributed by atoms with Crippen LogP contribution in [0.2, 0.25) is 0 Å². The van der Waals surface area contributed by atoms with Gasteiger partial charge in [-0.3, -0.25) is 0 Å². The number of benzene rings is 1. The monoisotopic (exact) mass is 402 g/mol. The molecule has 2 rings (SSSR count). The zero-order chi connectivity index (χ0) is 14.9. The minimum atomic E-state index is -1.19. The molecule has 6 nitrogen and oxygen atoms in total. The van der Waals surface area contributed by atoms with Gasteiger partial charge in [-0.05, 0) is 57.9 Å². The Hall–Kier alpha value is -1.28. The van der Waals surface area contributed by atoms with E-state index in [0.717, 1.165) is 14.5 Å². The molecule has 20 heavy (non-hydrogen) atoms. The number of carboxylic acid groups (broad SMARTS) is 1. The summed E-state index contributed by atoms with van der Waals surface area (Å²) in [5, 5.41) is 20.9. The van der Waals surface area contributed by atoms with Crippen molar-refractivity contribution in [1.82, 2.24) is 20.2 Å². The SMILES string of the molecule is CCC(C)(C(=O)O)n1nnnc1-c1ccc(Br)cc1Br. The maximum Gasteiger partial charge on any atom is 0.331 e. The molecule has 0 saturated carbocycles. The first-order valence-electron chi connectivity index (χ1n) is 5.88. The van der Waals surface area contributed by atoms with Crippen molar-refractivity contribution in [3.63, 3.8) is 0 Å². The number of carbonyl (C=O) groups is 1. The predicted molar refractivity (Wildman–Crippen MR) is 80.2 cm³/mol. The van der Waals surface area contributed by atoms with E-state index in [1.54, 1.807) is 13.8 Å². The molecule has 8 heteroatoms. The van der Waals surface area contributed by atoms with Crippen molar-refractivity contribution in [3.05, 3.63) is 27.1 Å². The second kappa shape index (κ2) is 5.61. The summed E-state index contributed by atoms with van der Waals surface area (Å²) in [7, 11) is 0. The smallest absolute Gasteiger partial charge is 0.331 e. The highest BCUT2D eigenvalue weighted by atomic mass is 79.9. The van der Waals surface area contributed by atoms with E-state index in [9.17, 15) is 9.90 Å². The number of tetrazole rings is 1. The molecule has 1 aromatic carbocycles. The molecule has 0 saturated heterocycles. The van der Waals surface area contributed by atoms with Gasteiger partial charge in [0.2, 0.25) is 0 Å². The topological polar surface area (TPSA) is 80.9 Å². The quantitative estimate of drug-likeness (QED) is 0.848. The van der Waals surface area contributed by atoms with Gasteiger partial charge in [0, 0.05) is 14.5 Å². The molecule has 0 aliphatic carbocycles. The summed E-state index contributed by atoms with van der Waals surface area (Å²) >= 11 is 6.81. The average molecular weight is 404 g/mol. The normalized spacial score (nSPS) is 14.0. The van der Waals surface area contributed by atoms with E-state index in [1.807, 2.05) is 18.2 Å². The standard InChI is InChI=1S/C12H12Br2N4O2/c1-3-12(2,11(19)20)18-10(15-16-17-18)8-5-4-7(13)6-9(8)14/h4-6H,3H2,1-2H3,(H,19,20). The van der Waals surface area contributed by atoms with Crippen LogP contribution in [0.25, 0.3) is 11.4 Å². The highest BCUT2D eigenvalue weighted by Gasteiger charge is 2.37. The number of hydrogen-bond donors (Lipinski definition) is 1. The molecule has 0 bridgehead atoms. The Bertz CT molecular complexity index is 659. The first-order chi connectivity index (χ1) is 9.40. The molecule has 1 N–H and O–H groups in total. The summed E-state index contributed by atoms with van der Waals surface area (Å²) in [6.45, 7) is 3.39. The fraction of sp³-hybridized carbons (Fsp3) is 0.333. The number of halogens is 2. The molecule has 2 aromatic rings. The van der Waals surface area contributed by atoms with Gasteiger partial charge in [0.25, 0.3) is 0 Å². The van der Waals surface area contributed by atoms with E-state index in [2.05, 4.69) is 47.4 Å². The second-order valence-corrected chi connectivity index (χ2v) is 6.24. The maximum absolute atomic E-state index is 11.5. The van der Waals surface area contributed by atoms with E-state index in [1.165, 1.54) is 4.68 Å². The Kier molecular flexibility index (Phi) is 4.24. The van der Waals surface area contributed by atoms with E-state index >= 15 is 0 Å². The molecule has 0 spiro atoms. The molecular weight excluding hydrogens is 392 g/mol. The average Bonchev–Trinajstić information content (AvgIpc) is 2.87. The molecule has 0 fully saturated rings. The van der Waals surface area contributed by atoms with Crippen LogP contribution in [-0.4, -0.2) is 31.3 Å². The van der Waals surface area contributed by atoms with Crippen LogP contribution >= 0.6 is 31.9 Å². The first kappa shape index (κ1) is 15.1. The van der Waals surface area contributed by atoms with Gasteiger partial charge < -0.3 is 5.11 Å². The van der Waals surface area contributed by atoms with Gasteiger partial charge in [-0.15, -0.1) is 5.10 Å². The molecule has 106 valence electrons. The summed E-state index contributed by atoms with van der Waals surface area (Å²) in [4.78, 5) is 11.5. The largest absolute Gasteiger partial charge is 0.479 e. The zero-order valence-electron chi connectivity index (χ0n) is 10.8. The molecule has 0 aliphatic rings. The summed E-state index contributed by atoms with van der Waals surface area (Å²) in [6.07, 6.45) is 0.370. The van der Waals surface area contributed by atoms with Crippen LogP contribution in [0.5, 0.6) is 0 Å². The van der Waals surface area contributed by atoms with Gasteiger partial charge in [0.05, 0.1) is 0 Å². The van der Waals surface area contributed by atoms with Crippen LogP contribution in [0.4, 0.5) is 0 Å². The van der Waals surface area contributed by atoms with Crippen LogP contribution in [-0.2, 0) is 10.3 Å². The molecule has 1 heterocycles. The van der Waals surface area contributed by atoms with E-state index < -0.39 is 11.5 Å². The number of carboxylic acids is 1. The second-order valence-electron chi connectivity index (χ2n) is 4.47. The summed E-state index contributed by atoms with van der Waals surface area (Å²) in [5.74, 6) is -0.557. The number of hydrogen-bond acceptors (Lipinski definition) is 4. The van der Waals surface area contributed by atoms with Gasteiger partial charge in [-0.25, -0.2) is 9.48 Å². The van der Waals surface area contributed by atoms with Crippen molar-refractivity contribution in [2.75, 3.05) is 0 Å². The van der Waals surface area contributed by atoms with Crippen LogP contribution in [0.15, 0.2) is 27.1 Å². The van der Waals surface area contributed by atoms with E-state index in [0.29, 0.717) is 12.2 Å². The Morgan fingerprint density at radius 3 is 2.70 bits per heavy atom. The highest BCUT2D eigenvalue weighted by Crippen LogP contribution is 2.32. The van der Waals surface area contributed by atoms with Crippen LogP contribution in [0, 0.1) is 0 Å². The fourth-order valence-corrected chi connectivity index (χ4v) is 2.97. The summed E-state index contributed by atoms with van der Waals surface area (Å²) < 4.78 is 3.04. The lowest BCUT2D eigenvalue weighted by molar-refractivity contribution is -0.147. The van der Waals surface area contributed by atoms with Gasteiger partial charge in [0.15, 0.2) is 11.4 Å². The van der Waals surface area contributed by atoms with E-state index in [4.69, 9.17) is 0 Å². The molecule has 1 unspecified atom stereocenters. The first-order valence-corrected chi connectivity index (χ1v) is 7.46. The third kappa shape index (κ3) is 2.49. The minimum absolute atomic E-state index is 0.370. The number of nitrogens with zero attached hydrogens (tertiary/aromatic N) is 4. The lowest BCUT2D eigenvalue weighted by atomic mass is 9.99. The predicted octanol–water partition coefficient (Wildman–Crippen LogP) is 3.07. The third-order valence-electron chi connectivity index (χ3n) is 3.26. The lowest BCUT2D eigenvalue weighted by Gasteiger charge is -2.24. The van der Waals surface area contributed by atoms with Gasteiger partial charge in [-0.1, -0.05) is 22.9 Å². The lowest BCUT2D eigenvalue weighted by Crippen LogP contribution is -2.39. The van der Waals surface area contributed by atoms with Crippen molar-refractivity contribution >= 4 is 37.8 Å². The number of rotatable bonds is 4. The molecular formula is C12H12Br2N4O2. The molecule has 0 amide bonds. The van der Waals surface area contributed by atoms with Crippen molar-refractivity contribution in [2.24, 2.45) is 0 Å². The third-order valence-corrected chi connectivity index (χ3v) is 4.41. The Labute approximate surface area is 132 Å². The Morgan fingerprint density at radius 2 is 2.15 bits per heavy atom. The molecule has 0 aliphatic heterocycles. The molecule has 0 radical (unpaired) electrons. The molecule has 1 aromatic heterocycles. The highest BCUT2D eigenvalue weighted by molar-refractivity contribution is 9.11. The van der Waals surface area contributed by atoms with Gasteiger partial charge in [0.1, 0.15) is 0 Å². The van der Waals surface area contributed by atoms with Crippen LogP contribution in [0.1, 0.15) is 20.3 Å². The van der Waals surface area contributed by atoms with Crippen molar-refractivity contribution < 1.29 is 9.90 Å². The Balaban J connectivity index is 2.61. The van der Waals surface area contributed by atoms with Crippen molar-refractivity contribution in [2.45, 2.75) is 25.8 Å². The zero-order valence-corrected chi connectivity index (χ0v) is 14.0. The van der Waals surface area contributed by atoms with Crippen molar-refractivity contribution in [1.29, 1.82) is 0 Å². The number of aromatic nitrogens is 4. The van der Waals surface area contributed by atoms with Crippen LogP contribution in [0.3, 0.4) is 0 Å². The fourth-order valence-electron chi connectivity index (χ4n) is 1.75. The van der Waals surface area contributed by atoms with Gasteiger partial charge in [-0.2, -0.15) is 0 Å². The number of aliphatic carboxylic acids is 1. The minimum Gasteiger partial charge on any atom is -0.479 e. The maximum atomic E-state index is 11.5. The van der Waals surface area contributed by atoms with Crippen molar-refractivity contribution in [3.8, 4) is 11.4 Å². The Morgan fingerprint density at radius 1 is 1.45 bits per heavy atom. The van der Waals surface area contributed by atoms with Gasteiger partial charge >= 0.3 is 5.97 Å². The molecule has 1 atom stereocenters.